The maximum Gasteiger partial charge on any atom is 0.240 e. The second-order valence-electron chi connectivity index (χ2n) is 4.62. The number of hydrogen-bond acceptors (Lipinski definition) is 4. The van der Waals surface area contributed by atoms with E-state index in [0.29, 0.717) is 13.2 Å². The van der Waals surface area contributed by atoms with Crippen molar-refractivity contribution in [2.75, 3.05) is 19.8 Å². The molecule has 0 aliphatic carbocycles. The van der Waals surface area contributed by atoms with Crippen molar-refractivity contribution in [3.05, 3.63) is 17.5 Å². The normalized spacial score (nSPS) is 21.6. The van der Waals surface area contributed by atoms with Crippen LogP contribution in [0.2, 0.25) is 0 Å². The van der Waals surface area contributed by atoms with Crippen molar-refractivity contribution in [3.63, 3.8) is 0 Å². The summed E-state index contributed by atoms with van der Waals surface area (Å²) in [6, 6.07) is -0.298. The van der Waals surface area contributed by atoms with E-state index in [2.05, 4.69) is 15.7 Å². The Morgan fingerprint density at radius 2 is 2.50 bits per heavy atom. The molecule has 1 aliphatic heterocycles. The van der Waals surface area contributed by atoms with Gasteiger partial charge in [0.15, 0.2) is 0 Å². The van der Waals surface area contributed by atoms with E-state index in [-0.39, 0.29) is 18.0 Å². The minimum atomic E-state index is -0.252. The highest BCUT2D eigenvalue weighted by molar-refractivity contribution is 5.82. The van der Waals surface area contributed by atoms with Crippen LogP contribution in [0, 0.1) is 6.92 Å². The molecule has 6 heteroatoms. The third-order valence-electron chi connectivity index (χ3n) is 3.34. The molecule has 1 amide bonds. The first-order valence-corrected chi connectivity index (χ1v) is 6.19. The van der Waals surface area contributed by atoms with Crippen molar-refractivity contribution in [3.8, 4) is 0 Å². The monoisotopic (exact) mass is 252 g/mol. The quantitative estimate of drug-likeness (QED) is 0.788. The molecule has 18 heavy (non-hydrogen) atoms. The average Bonchev–Trinajstić information content (AvgIpc) is 2.71. The maximum absolute atomic E-state index is 12.0. The van der Waals surface area contributed by atoms with Crippen molar-refractivity contribution in [2.45, 2.75) is 25.9 Å². The molecule has 0 bridgehead atoms. The number of nitrogens with one attached hydrogen (secondary N) is 2. The summed E-state index contributed by atoms with van der Waals surface area (Å²) in [5.41, 5.74) is 2.11. The lowest BCUT2D eigenvalue weighted by Crippen LogP contribution is -2.51. The van der Waals surface area contributed by atoms with Crippen LogP contribution >= 0.6 is 0 Å². The van der Waals surface area contributed by atoms with Gasteiger partial charge >= 0.3 is 0 Å². The summed E-state index contributed by atoms with van der Waals surface area (Å²) in [5.74, 6) is -0.0227. The van der Waals surface area contributed by atoms with Crippen LogP contribution in [-0.4, -0.2) is 41.5 Å². The fourth-order valence-corrected chi connectivity index (χ4v) is 2.07. The lowest BCUT2D eigenvalue weighted by Gasteiger charge is -2.24. The van der Waals surface area contributed by atoms with E-state index in [4.69, 9.17) is 4.74 Å². The summed E-state index contributed by atoms with van der Waals surface area (Å²) in [6.07, 6.45) is 1.80. The van der Waals surface area contributed by atoms with Gasteiger partial charge in [-0.05, 0) is 13.8 Å². The van der Waals surface area contributed by atoms with Gasteiger partial charge in [-0.25, -0.2) is 0 Å². The van der Waals surface area contributed by atoms with Crippen molar-refractivity contribution >= 4 is 5.91 Å². The predicted octanol–water partition coefficient (Wildman–Crippen LogP) is -0.106. The SMILES string of the molecule is Cc1c(C(C)NC(=O)C2COCCN2)cnn1C. The molecule has 1 aromatic heterocycles. The van der Waals surface area contributed by atoms with Gasteiger partial charge < -0.3 is 15.4 Å². The summed E-state index contributed by atoms with van der Waals surface area (Å²) in [5, 5.41) is 10.3. The number of nitrogens with zero attached hydrogens (tertiary/aromatic N) is 2. The van der Waals surface area contributed by atoms with Crippen LogP contribution in [-0.2, 0) is 16.6 Å². The van der Waals surface area contributed by atoms with Crippen LogP contribution in [0.25, 0.3) is 0 Å². The largest absolute Gasteiger partial charge is 0.378 e. The molecule has 0 saturated carbocycles. The highest BCUT2D eigenvalue weighted by atomic mass is 16.5. The second kappa shape index (κ2) is 5.49. The Morgan fingerprint density at radius 3 is 3.06 bits per heavy atom. The molecular formula is C12H20N4O2. The molecule has 1 aromatic rings. The number of carbonyl (C=O) groups is 1. The minimum absolute atomic E-state index is 0.0227. The van der Waals surface area contributed by atoms with Crippen LogP contribution in [0.5, 0.6) is 0 Å². The number of carbonyl (C=O) groups excluding carboxylic acids is 1. The van der Waals surface area contributed by atoms with Gasteiger partial charge in [0.2, 0.25) is 5.91 Å². The molecule has 2 heterocycles. The van der Waals surface area contributed by atoms with Gasteiger partial charge in [-0.3, -0.25) is 9.48 Å². The molecule has 2 atom stereocenters. The third kappa shape index (κ3) is 2.70. The molecule has 2 rings (SSSR count). The number of ether oxygens (including phenoxy) is 1. The molecule has 2 unspecified atom stereocenters. The van der Waals surface area contributed by atoms with E-state index < -0.39 is 0 Å². The lowest BCUT2D eigenvalue weighted by atomic mass is 10.1. The zero-order valence-corrected chi connectivity index (χ0v) is 11.1. The number of morpholine rings is 1. The number of aryl methyl sites for hydroxylation is 1. The van der Waals surface area contributed by atoms with Gasteiger partial charge in [0, 0.05) is 24.8 Å². The first kappa shape index (κ1) is 13.0. The maximum atomic E-state index is 12.0. The molecule has 0 aromatic carbocycles. The molecule has 1 fully saturated rings. The molecule has 0 radical (unpaired) electrons. The zero-order chi connectivity index (χ0) is 13.1. The fraction of sp³-hybridized carbons (Fsp3) is 0.667. The summed E-state index contributed by atoms with van der Waals surface area (Å²) in [7, 11) is 1.89. The summed E-state index contributed by atoms with van der Waals surface area (Å²) < 4.78 is 7.08. The highest BCUT2D eigenvalue weighted by Gasteiger charge is 2.23. The number of aromatic nitrogens is 2. The Hall–Kier alpha value is -1.40. The first-order chi connectivity index (χ1) is 8.59. The van der Waals surface area contributed by atoms with Gasteiger partial charge in [-0.15, -0.1) is 0 Å². The molecule has 1 saturated heterocycles. The standard InChI is InChI=1S/C12H20N4O2/c1-8(10-6-14-16(3)9(10)2)15-12(17)11-7-18-5-4-13-11/h6,8,11,13H,4-5,7H2,1-3H3,(H,15,17). The van der Waals surface area contributed by atoms with Crippen LogP contribution < -0.4 is 10.6 Å². The summed E-state index contributed by atoms with van der Waals surface area (Å²) in [4.78, 5) is 12.0. The van der Waals surface area contributed by atoms with Crippen LogP contribution in [0.3, 0.4) is 0 Å². The molecule has 0 spiro atoms. The predicted molar refractivity (Wildman–Crippen MR) is 67.1 cm³/mol. The summed E-state index contributed by atoms with van der Waals surface area (Å²) in [6.45, 7) is 5.78. The third-order valence-corrected chi connectivity index (χ3v) is 3.34. The molecule has 100 valence electrons. The first-order valence-electron chi connectivity index (χ1n) is 6.19. The molecule has 1 aliphatic rings. The van der Waals surface area contributed by atoms with E-state index in [1.54, 1.807) is 10.9 Å². The highest BCUT2D eigenvalue weighted by Crippen LogP contribution is 2.16. The van der Waals surface area contributed by atoms with E-state index in [0.717, 1.165) is 17.8 Å². The van der Waals surface area contributed by atoms with Crippen molar-refractivity contribution in [1.29, 1.82) is 0 Å². The Morgan fingerprint density at radius 1 is 1.72 bits per heavy atom. The number of amides is 1. The topological polar surface area (TPSA) is 68.2 Å². The van der Waals surface area contributed by atoms with Crippen LogP contribution in [0.4, 0.5) is 0 Å². The van der Waals surface area contributed by atoms with Crippen molar-refractivity contribution in [1.82, 2.24) is 20.4 Å². The van der Waals surface area contributed by atoms with Crippen LogP contribution in [0.1, 0.15) is 24.2 Å². The van der Waals surface area contributed by atoms with Crippen molar-refractivity contribution in [2.24, 2.45) is 7.05 Å². The Kier molecular flexibility index (Phi) is 3.98. The molecule has 2 N–H and O–H groups in total. The molecule has 6 nitrogen and oxygen atoms in total. The Bertz CT molecular complexity index is 424. The minimum Gasteiger partial charge on any atom is -0.378 e. The number of rotatable bonds is 3. The van der Waals surface area contributed by atoms with Gasteiger partial charge in [-0.1, -0.05) is 0 Å². The molecular weight excluding hydrogens is 232 g/mol. The summed E-state index contributed by atoms with van der Waals surface area (Å²) >= 11 is 0. The van der Waals surface area contributed by atoms with E-state index in [1.165, 1.54) is 0 Å². The van der Waals surface area contributed by atoms with Gasteiger partial charge in [0.05, 0.1) is 25.5 Å². The van der Waals surface area contributed by atoms with E-state index in [1.807, 2.05) is 20.9 Å². The van der Waals surface area contributed by atoms with E-state index in [9.17, 15) is 4.79 Å². The van der Waals surface area contributed by atoms with E-state index >= 15 is 0 Å². The Balaban J connectivity index is 1.96. The average molecular weight is 252 g/mol. The zero-order valence-electron chi connectivity index (χ0n) is 11.1. The smallest absolute Gasteiger partial charge is 0.240 e. The van der Waals surface area contributed by atoms with Crippen LogP contribution in [0.15, 0.2) is 6.20 Å². The van der Waals surface area contributed by atoms with Gasteiger partial charge in [0.1, 0.15) is 6.04 Å². The second-order valence-corrected chi connectivity index (χ2v) is 4.62. The van der Waals surface area contributed by atoms with Crippen molar-refractivity contribution < 1.29 is 9.53 Å². The van der Waals surface area contributed by atoms with Gasteiger partial charge in [0.25, 0.3) is 0 Å². The van der Waals surface area contributed by atoms with Gasteiger partial charge in [-0.2, -0.15) is 5.10 Å². The Labute approximate surface area is 107 Å². The number of hydrogen-bond donors (Lipinski definition) is 2. The lowest BCUT2D eigenvalue weighted by molar-refractivity contribution is -0.126. The fourth-order valence-electron chi connectivity index (χ4n) is 2.07.